The van der Waals surface area contributed by atoms with E-state index in [0.717, 1.165) is 11.4 Å². The van der Waals surface area contributed by atoms with Gasteiger partial charge in [-0.1, -0.05) is 0 Å². The molecule has 120 valence electrons. The lowest BCUT2D eigenvalue weighted by atomic mass is 10.1. The third-order valence-electron chi connectivity index (χ3n) is 3.30. The van der Waals surface area contributed by atoms with Crippen LogP contribution in [0.2, 0.25) is 0 Å². The van der Waals surface area contributed by atoms with Crippen LogP contribution in [0.25, 0.3) is 0 Å². The van der Waals surface area contributed by atoms with Gasteiger partial charge in [-0.25, -0.2) is 4.79 Å². The Labute approximate surface area is 131 Å². The van der Waals surface area contributed by atoms with Gasteiger partial charge in [0.15, 0.2) is 0 Å². The van der Waals surface area contributed by atoms with Crippen molar-refractivity contribution in [1.29, 1.82) is 0 Å². The summed E-state index contributed by atoms with van der Waals surface area (Å²) in [5.41, 5.74) is 1.83. The minimum absolute atomic E-state index is 0.292. The number of aryl methyl sites for hydroxylation is 1. The number of hydrogen-bond acceptors (Lipinski definition) is 5. The maximum absolute atomic E-state index is 12.1. The monoisotopic (exact) mass is 304 g/mol. The van der Waals surface area contributed by atoms with Crippen LogP contribution in [0.5, 0.6) is 0 Å². The van der Waals surface area contributed by atoms with Crippen LogP contribution in [0.15, 0.2) is 23.5 Å². The quantitative estimate of drug-likeness (QED) is 0.909. The molecule has 0 radical (unpaired) electrons. The fourth-order valence-corrected chi connectivity index (χ4v) is 2.09. The molecule has 0 saturated carbocycles. The summed E-state index contributed by atoms with van der Waals surface area (Å²) in [4.78, 5) is 22.3. The minimum Gasteiger partial charge on any atom is -0.444 e. The third kappa shape index (κ3) is 4.72. The molecular formula is C16H24N4O2. The van der Waals surface area contributed by atoms with E-state index < -0.39 is 5.60 Å². The summed E-state index contributed by atoms with van der Waals surface area (Å²) in [6, 6.07) is 1.98. The molecule has 1 aliphatic rings. The molecular weight excluding hydrogens is 280 g/mol. The Morgan fingerprint density at radius 1 is 1.45 bits per heavy atom. The lowest BCUT2D eigenvalue weighted by Crippen LogP contribution is -2.47. The Morgan fingerprint density at radius 3 is 2.91 bits per heavy atom. The largest absolute Gasteiger partial charge is 0.444 e. The number of amidine groups is 1. The number of hydrogen-bond donors (Lipinski definition) is 1. The van der Waals surface area contributed by atoms with Gasteiger partial charge in [0.2, 0.25) is 0 Å². The zero-order chi connectivity index (χ0) is 16.2. The highest BCUT2D eigenvalue weighted by atomic mass is 16.6. The smallest absolute Gasteiger partial charge is 0.410 e. The molecule has 0 spiro atoms. The number of ether oxygens (including phenoxy) is 1. The van der Waals surface area contributed by atoms with Gasteiger partial charge in [0.05, 0.1) is 13.1 Å². The summed E-state index contributed by atoms with van der Waals surface area (Å²) in [7, 11) is 0. The fraction of sp³-hybridized carbons (Fsp3) is 0.562. The predicted molar refractivity (Wildman–Crippen MR) is 85.9 cm³/mol. The van der Waals surface area contributed by atoms with Gasteiger partial charge < -0.3 is 10.1 Å². The van der Waals surface area contributed by atoms with Crippen molar-refractivity contribution in [1.82, 2.24) is 15.2 Å². The molecule has 2 rings (SSSR count). The summed E-state index contributed by atoms with van der Waals surface area (Å²) in [5.74, 6) is 0.806. The van der Waals surface area contributed by atoms with Crippen molar-refractivity contribution in [2.75, 3.05) is 19.6 Å². The van der Waals surface area contributed by atoms with Gasteiger partial charge >= 0.3 is 6.09 Å². The van der Waals surface area contributed by atoms with Crippen molar-refractivity contribution in [3.63, 3.8) is 0 Å². The van der Waals surface area contributed by atoms with Gasteiger partial charge in [-0.05, 0) is 44.9 Å². The maximum Gasteiger partial charge on any atom is 0.410 e. The molecule has 0 saturated heterocycles. The number of carbonyl (C=O) groups excluding carboxylic acids is 1. The van der Waals surface area contributed by atoms with Crippen molar-refractivity contribution < 1.29 is 9.53 Å². The normalized spacial score (nSPS) is 15.3. The third-order valence-corrected chi connectivity index (χ3v) is 3.30. The first-order valence-corrected chi connectivity index (χ1v) is 7.50. The van der Waals surface area contributed by atoms with Gasteiger partial charge in [0.25, 0.3) is 0 Å². The molecule has 0 aromatic carbocycles. The number of amides is 1. The second kappa shape index (κ2) is 6.77. The van der Waals surface area contributed by atoms with E-state index in [4.69, 9.17) is 4.74 Å². The zero-order valence-corrected chi connectivity index (χ0v) is 13.7. The van der Waals surface area contributed by atoms with Gasteiger partial charge in [-0.2, -0.15) is 0 Å². The summed E-state index contributed by atoms with van der Waals surface area (Å²) < 4.78 is 5.40. The number of nitrogens with one attached hydrogen (secondary N) is 1. The Hall–Kier alpha value is -2.11. The Morgan fingerprint density at radius 2 is 2.23 bits per heavy atom. The second-order valence-corrected chi connectivity index (χ2v) is 6.39. The van der Waals surface area contributed by atoms with Crippen molar-refractivity contribution in [2.45, 2.75) is 39.8 Å². The first kappa shape index (κ1) is 16.3. The molecule has 1 aromatic rings. The van der Waals surface area contributed by atoms with Crippen LogP contribution in [0.3, 0.4) is 0 Å². The number of aromatic nitrogens is 1. The first-order valence-electron chi connectivity index (χ1n) is 7.50. The highest BCUT2D eigenvalue weighted by Gasteiger charge is 2.24. The lowest BCUT2D eigenvalue weighted by molar-refractivity contribution is 0.0276. The molecule has 6 nitrogen and oxygen atoms in total. The van der Waals surface area contributed by atoms with Crippen LogP contribution >= 0.6 is 0 Å². The van der Waals surface area contributed by atoms with Crippen molar-refractivity contribution >= 4 is 11.9 Å². The van der Waals surface area contributed by atoms with Crippen molar-refractivity contribution in [2.24, 2.45) is 4.99 Å². The average molecular weight is 304 g/mol. The first-order chi connectivity index (χ1) is 10.3. The zero-order valence-electron chi connectivity index (χ0n) is 13.7. The number of nitrogens with zero attached hydrogens (tertiary/aromatic N) is 3. The fourth-order valence-electron chi connectivity index (χ4n) is 2.09. The van der Waals surface area contributed by atoms with Crippen molar-refractivity contribution in [3.05, 3.63) is 29.6 Å². The molecule has 0 atom stereocenters. The van der Waals surface area contributed by atoms with E-state index >= 15 is 0 Å². The molecule has 0 unspecified atom stereocenters. The maximum atomic E-state index is 12.1. The number of pyridine rings is 1. The topological polar surface area (TPSA) is 66.8 Å². The van der Waals surface area contributed by atoms with E-state index in [1.807, 2.05) is 40.0 Å². The predicted octanol–water partition coefficient (Wildman–Crippen LogP) is 2.13. The highest BCUT2D eigenvalue weighted by molar-refractivity contribution is 5.87. The van der Waals surface area contributed by atoms with E-state index in [1.165, 1.54) is 5.56 Å². The van der Waals surface area contributed by atoms with Gasteiger partial charge in [0.1, 0.15) is 11.4 Å². The van der Waals surface area contributed by atoms with E-state index in [-0.39, 0.29) is 6.09 Å². The lowest BCUT2D eigenvalue weighted by Gasteiger charge is -2.30. The van der Waals surface area contributed by atoms with Crippen LogP contribution in [0, 0.1) is 6.92 Å². The molecule has 0 bridgehead atoms. The van der Waals surface area contributed by atoms with E-state index in [1.54, 1.807) is 11.1 Å². The minimum atomic E-state index is -0.480. The average Bonchev–Trinajstić information content (AvgIpc) is 2.45. The Kier molecular flexibility index (Phi) is 5.00. The van der Waals surface area contributed by atoms with Crippen LogP contribution in [-0.2, 0) is 11.3 Å². The number of carbonyl (C=O) groups is 1. The molecule has 1 aromatic heterocycles. The summed E-state index contributed by atoms with van der Waals surface area (Å²) >= 11 is 0. The van der Waals surface area contributed by atoms with Crippen LogP contribution in [0.1, 0.15) is 31.9 Å². The summed E-state index contributed by atoms with van der Waals surface area (Å²) in [6.07, 6.45) is 3.33. The SMILES string of the molecule is Cc1ccncc1CNC1=NCCN(C(=O)OC(C)(C)C)C1. The molecule has 1 N–H and O–H groups in total. The number of rotatable bonds is 2. The molecule has 2 heterocycles. The Bertz CT molecular complexity index is 564. The standard InChI is InChI=1S/C16H24N4O2/c1-12-5-6-17-9-13(12)10-19-14-11-20(8-7-18-14)15(21)22-16(2,3)4/h5-6,9H,7-8,10-11H2,1-4H3,(H,18,19). The van der Waals surface area contributed by atoms with Crippen LogP contribution in [-0.4, -0.2) is 47.0 Å². The van der Waals surface area contributed by atoms with Crippen LogP contribution in [0.4, 0.5) is 4.79 Å². The summed E-state index contributed by atoms with van der Waals surface area (Å²) in [6.45, 7) is 9.94. The van der Waals surface area contributed by atoms with Gasteiger partial charge in [-0.15, -0.1) is 0 Å². The van der Waals surface area contributed by atoms with E-state index in [9.17, 15) is 4.79 Å². The van der Waals surface area contributed by atoms with Crippen molar-refractivity contribution in [3.8, 4) is 0 Å². The second-order valence-electron chi connectivity index (χ2n) is 6.39. The highest BCUT2D eigenvalue weighted by Crippen LogP contribution is 2.11. The molecule has 1 aliphatic heterocycles. The van der Waals surface area contributed by atoms with Gasteiger partial charge in [0, 0.05) is 25.5 Å². The molecule has 0 fully saturated rings. The molecule has 6 heteroatoms. The van der Waals surface area contributed by atoms with E-state index in [2.05, 4.69) is 15.3 Å². The summed E-state index contributed by atoms with van der Waals surface area (Å²) in [5, 5.41) is 3.29. The molecule has 22 heavy (non-hydrogen) atoms. The van der Waals surface area contributed by atoms with Gasteiger partial charge in [-0.3, -0.25) is 14.9 Å². The molecule has 0 aliphatic carbocycles. The number of aliphatic imine (C=N–C) groups is 1. The van der Waals surface area contributed by atoms with Crippen LogP contribution < -0.4 is 5.32 Å². The molecule has 1 amide bonds. The van der Waals surface area contributed by atoms with E-state index in [0.29, 0.717) is 26.2 Å². The Balaban J connectivity index is 1.90.